The number of nitrogens with zero attached hydrogens (tertiary/aromatic N) is 2. The third-order valence-corrected chi connectivity index (χ3v) is 8.35. The molecule has 2 aromatic carbocycles. The maximum Gasteiger partial charge on any atom is 0.331 e. The van der Waals surface area contributed by atoms with Crippen LogP contribution in [0, 0.1) is 5.82 Å². The molecule has 0 amide bonds. The minimum absolute atomic E-state index is 0.165. The molecule has 1 unspecified atom stereocenters. The van der Waals surface area contributed by atoms with Crippen LogP contribution < -0.4 is 9.64 Å². The Morgan fingerprint density at radius 3 is 2.61 bits per heavy atom. The molecule has 1 aliphatic rings. The highest BCUT2D eigenvalue weighted by atomic mass is 32.3. The summed E-state index contributed by atoms with van der Waals surface area (Å²) in [4.78, 5) is 13.8. The van der Waals surface area contributed by atoms with Crippen LogP contribution in [0.2, 0.25) is 0 Å². The fourth-order valence-corrected chi connectivity index (χ4v) is 5.89. The normalized spacial score (nSPS) is 19.2. The molecule has 1 aliphatic heterocycles. The van der Waals surface area contributed by atoms with Crippen LogP contribution >= 0.6 is 22.5 Å². The van der Waals surface area contributed by atoms with E-state index in [4.69, 9.17) is 9.84 Å². The topological polar surface area (TPSA) is 93.5 Å². The highest BCUT2D eigenvalue weighted by Crippen LogP contribution is 2.60. The number of rotatable bonds is 8. The van der Waals surface area contributed by atoms with Crippen molar-refractivity contribution >= 4 is 39.9 Å². The summed E-state index contributed by atoms with van der Waals surface area (Å²) in [6.45, 7) is 2.57. The average Bonchev–Trinajstić information content (AvgIpc) is 2.86. The monoisotopic (exact) mass is 496 g/mol. The zero-order chi connectivity index (χ0) is 24.2. The van der Waals surface area contributed by atoms with E-state index in [-0.39, 0.29) is 16.8 Å². The first-order chi connectivity index (χ1) is 15.7. The van der Waals surface area contributed by atoms with E-state index < -0.39 is 16.7 Å². The number of ether oxygens (including phenoxy) is 1. The predicted octanol–water partition coefficient (Wildman–Crippen LogP) is 6.19. The summed E-state index contributed by atoms with van der Waals surface area (Å²) in [5.74, 6) is -1.18. The van der Waals surface area contributed by atoms with Gasteiger partial charge in [0.2, 0.25) is 0 Å². The van der Waals surface area contributed by atoms with Gasteiger partial charge in [-0.25, -0.2) is 13.5 Å². The first-order valence-corrected chi connectivity index (χ1v) is 13.2. The molecule has 2 aromatic rings. The summed E-state index contributed by atoms with van der Waals surface area (Å²) < 4.78 is 43.5. The smallest absolute Gasteiger partial charge is 0.331 e. The summed E-state index contributed by atoms with van der Waals surface area (Å²) in [6, 6.07) is 9.30. The molecule has 7 nitrogen and oxygen atoms in total. The molecule has 3 N–H and O–H groups in total. The Morgan fingerprint density at radius 2 is 2.00 bits per heavy atom. The second-order valence-corrected chi connectivity index (χ2v) is 10.6. The fourth-order valence-electron chi connectivity index (χ4n) is 3.74. The zero-order valence-electron chi connectivity index (χ0n) is 18.8. The molecule has 0 aromatic heterocycles. The van der Waals surface area contributed by atoms with Gasteiger partial charge in [0.25, 0.3) is 0 Å². The minimum Gasteiger partial charge on any atom is -0.478 e. The van der Waals surface area contributed by atoms with E-state index in [1.807, 2.05) is 11.2 Å². The molecule has 0 saturated carbocycles. The number of thioether (sulfide) groups is 1. The Hall–Kier alpha value is -2.24. The van der Waals surface area contributed by atoms with Crippen molar-refractivity contribution in [3.63, 3.8) is 0 Å². The van der Waals surface area contributed by atoms with Gasteiger partial charge in [0.15, 0.2) is 0 Å². The first-order valence-electron chi connectivity index (χ1n) is 10.5. The molecular weight excluding hydrogens is 467 g/mol. The Morgan fingerprint density at radius 1 is 1.30 bits per heavy atom. The Labute approximate surface area is 199 Å². The van der Waals surface area contributed by atoms with E-state index in [9.17, 15) is 18.3 Å². The van der Waals surface area contributed by atoms with E-state index >= 15 is 0 Å². The number of halogens is 1. The van der Waals surface area contributed by atoms with Gasteiger partial charge in [-0.05, 0) is 43.0 Å². The second-order valence-electron chi connectivity index (χ2n) is 7.68. The van der Waals surface area contributed by atoms with Crippen LogP contribution in [0.3, 0.4) is 0 Å². The van der Waals surface area contributed by atoms with E-state index in [1.54, 1.807) is 35.6 Å². The van der Waals surface area contributed by atoms with Crippen molar-refractivity contribution in [3.05, 3.63) is 54.6 Å². The first kappa shape index (κ1) is 25.4. The number of fused-ring (bicyclic) bond motifs is 1. The van der Waals surface area contributed by atoms with Crippen molar-refractivity contribution < 1.29 is 28.1 Å². The molecule has 3 rings (SSSR count). The lowest BCUT2D eigenvalue weighted by Crippen LogP contribution is -2.39. The summed E-state index contributed by atoms with van der Waals surface area (Å²) in [7, 11) is -1.69. The van der Waals surface area contributed by atoms with Gasteiger partial charge in [-0.15, -0.1) is 22.5 Å². The van der Waals surface area contributed by atoms with Gasteiger partial charge >= 0.3 is 5.97 Å². The molecule has 0 spiro atoms. The summed E-state index contributed by atoms with van der Waals surface area (Å²) in [5.41, 5.74) is 1.32. The SMILES string of the molecule is CCCCC1CN(c2ccc(F)cc2)c2cc(SC)c(O/C=C/C(=O)O)cc2S(O)(O)N1C. The van der Waals surface area contributed by atoms with Crippen LogP contribution in [-0.4, -0.2) is 50.4 Å². The average molecular weight is 497 g/mol. The second kappa shape index (κ2) is 10.8. The molecule has 1 heterocycles. The fraction of sp³-hybridized carbons (Fsp3) is 0.348. The number of carboxylic acids is 1. The molecule has 0 saturated heterocycles. The quantitative estimate of drug-likeness (QED) is 0.226. The largest absolute Gasteiger partial charge is 0.478 e. The molecule has 10 heteroatoms. The van der Waals surface area contributed by atoms with Gasteiger partial charge in [0.05, 0.1) is 22.9 Å². The van der Waals surface area contributed by atoms with Gasteiger partial charge in [-0.3, -0.25) is 9.11 Å². The molecule has 180 valence electrons. The molecule has 1 atom stereocenters. The number of carbonyl (C=O) groups is 1. The number of unbranched alkanes of at least 4 members (excludes halogenated alkanes) is 1. The van der Waals surface area contributed by atoms with Crippen molar-refractivity contribution in [1.29, 1.82) is 0 Å². The van der Waals surface area contributed by atoms with Gasteiger partial charge in [-0.2, -0.15) is 0 Å². The van der Waals surface area contributed by atoms with Crippen molar-refractivity contribution in [3.8, 4) is 5.75 Å². The predicted molar refractivity (Wildman–Crippen MR) is 131 cm³/mol. The third-order valence-electron chi connectivity index (χ3n) is 5.58. The molecule has 0 bridgehead atoms. The Kier molecular flexibility index (Phi) is 8.30. The van der Waals surface area contributed by atoms with Crippen molar-refractivity contribution in [2.45, 2.75) is 42.0 Å². The van der Waals surface area contributed by atoms with E-state index in [2.05, 4.69) is 6.92 Å². The molecular formula is C23H29FN2O5S2. The van der Waals surface area contributed by atoms with Crippen LogP contribution in [0.25, 0.3) is 0 Å². The van der Waals surface area contributed by atoms with Gasteiger partial charge in [0.1, 0.15) is 16.5 Å². The van der Waals surface area contributed by atoms with Gasteiger partial charge < -0.3 is 14.7 Å². The van der Waals surface area contributed by atoms with Crippen molar-refractivity contribution in [2.75, 3.05) is 24.7 Å². The molecule has 0 fully saturated rings. The van der Waals surface area contributed by atoms with Crippen LogP contribution in [-0.2, 0) is 4.79 Å². The minimum atomic E-state index is -3.39. The van der Waals surface area contributed by atoms with Crippen LogP contribution in [0.15, 0.2) is 58.5 Å². The molecule has 0 aliphatic carbocycles. The van der Waals surface area contributed by atoms with Gasteiger partial charge in [-0.1, -0.05) is 19.8 Å². The lowest BCUT2D eigenvalue weighted by molar-refractivity contribution is -0.131. The van der Waals surface area contributed by atoms with Crippen LogP contribution in [0.1, 0.15) is 26.2 Å². The Balaban J connectivity index is 2.18. The third kappa shape index (κ3) is 5.64. The maximum atomic E-state index is 13.6. The number of benzene rings is 2. The van der Waals surface area contributed by atoms with Crippen molar-refractivity contribution in [1.82, 2.24) is 4.31 Å². The van der Waals surface area contributed by atoms with Crippen LogP contribution in [0.4, 0.5) is 15.8 Å². The van der Waals surface area contributed by atoms with E-state index in [0.717, 1.165) is 37.3 Å². The number of hydrogen-bond acceptors (Lipinski definition) is 7. The lowest BCUT2D eigenvalue weighted by atomic mass is 10.1. The highest BCUT2D eigenvalue weighted by molar-refractivity contribution is 8.22. The number of hydrogen-bond donors (Lipinski definition) is 3. The lowest BCUT2D eigenvalue weighted by Gasteiger charge is -2.43. The van der Waals surface area contributed by atoms with Crippen LogP contribution in [0.5, 0.6) is 5.75 Å². The molecule has 0 radical (unpaired) electrons. The summed E-state index contributed by atoms with van der Waals surface area (Å²) in [5, 5.41) is 8.86. The number of anilines is 2. The Bertz CT molecular complexity index is 1020. The highest BCUT2D eigenvalue weighted by Gasteiger charge is 2.38. The van der Waals surface area contributed by atoms with E-state index in [0.29, 0.717) is 22.9 Å². The standard InChI is InChI=1S/C23H29FN2O5S2/c1-4-5-6-18-15-26(17-9-7-16(24)8-10-17)19-13-21(32-3)20(31-12-11-23(27)28)14-22(19)33(29,30)25(18)2/h7-14,18,29-30H,4-6,15H2,1-3H3,(H,27,28)/b12-11+. The summed E-state index contributed by atoms with van der Waals surface area (Å²) in [6.07, 6.45) is 6.42. The number of carboxylic acid groups (broad SMARTS) is 1. The van der Waals surface area contributed by atoms with Crippen molar-refractivity contribution in [2.24, 2.45) is 0 Å². The number of likely N-dealkylation sites (N-methyl/N-ethyl adjacent to an activating group) is 1. The zero-order valence-corrected chi connectivity index (χ0v) is 20.4. The summed E-state index contributed by atoms with van der Waals surface area (Å²) >= 11 is 1.39. The maximum absolute atomic E-state index is 13.6. The van der Waals surface area contributed by atoms with Gasteiger partial charge in [0, 0.05) is 31.4 Å². The van der Waals surface area contributed by atoms with E-state index in [1.165, 1.54) is 23.9 Å². The molecule has 33 heavy (non-hydrogen) atoms. The number of aliphatic carboxylic acids is 1.